The maximum Gasteiger partial charge on any atom is 0.272 e. The van der Waals surface area contributed by atoms with Gasteiger partial charge < -0.3 is 20.4 Å². The summed E-state index contributed by atoms with van der Waals surface area (Å²) in [6.45, 7) is 1.63. The highest BCUT2D eigenvalue weighted by atomic mass is 16.5. The van der Waals surface area contributed by atoms with Gasteiger partial charge in [0.1, 0.15) is 6.33 Å². The van der Waals surface area contributed by atoms with Crippen LogP contribution in [0.5, 0.6) is 0 Å². The largest absolute Gasteiger partial charge is 0.378 e. The molecule has 9 nitrogen and oxygen atoms in total. The van der Waals surface area contributed by atoms with Crippen LogP contribution in [-0.2, 0) is 4.74 Å². The van der Waals surface area contributed by atoms with Crippen LogP contribution in [0.25, 0.3) is 17.0 Å². The van der Waals surface area contributed by atoms with Crippen molar-refractivity contribution in [1.29, 1.82) is 0 Å². The fourth-order valence-corrected chi connectivity index (χ4v) is 3.91. The number of nitrogens with one attached hydrogen (secondary N) is 3. The van der Waals surface area contributed by atoms with Crippen molar-refractivity contribution in [3.63, 3.8) is 0 Å². The summed E-state index contributed by atoms with van der Waals surface area (Å²) < 4.78 is 6.92. The van der Waals surface area contributed by atoms with Crippen LogP contribution in [0.15, 0.2) is 31.0 Å². The van der Waals surface area contributed by atoms with Gasteiger partial charge in [0.05, 0.1) is 30.3 Å². The van der Waals surface area contributed by atoms with E-state index in [0.717, 1.165) is 38.9 Å². The Morgan fingerprint density at radius 3 is 2.68 bits per heavy atom. The van der Waals surface area contributed by atoms with E-state index in [-0.39, 0.29) is 11.9 Å². The zero-order chi connectivity index (χ0) is 18.9. The van der Waals surface area contributed by atoms with Crippen molar-refractivity contribution in [3.05, 3.63) is 36.7 Å². The van der Waals surface area contributed by atoms with Crippen molar-refractivity contribution in [3.8, 4) is 5.95 Å². The molecular formula is C19H23N7O2. The average molecular weight is 381 g/mol. The van der Waals surface area contributed by atoms with E-state index in [1.54, 1.807) is 29.5 Å². The van der Waals surface area contributed by atoms with Crippen molar-refractivity contribution < 1.29 is 9.53 Å². The normalized spacial score (nSPS) is 22.9. The van der Waals surface area contributed by atoms with E-state index < -0.39 is 0 Å². The molecule has 0 bridgehead atoms. The molecule has 0 radical (unpaired) electrons. The van der Waals surface area contributed by atoms with Crippen LogP contribution >= 0.6 is 0 Å². The Morgan fingerprint density at radius 1 is 1.14 bits per heavy atom. The number of amides is 1. The molecular weight excluding hydrogens is 358 g/mol. The first-order chi connectivity index (χ1) is 13.8. The predicted octanol–water partition coefficient (Wildman–Crippen LogP) is 1.17. The lowest BCUT2D eigenvalue weighted by molar-refractivity contribution is -0.0122. The Balaban J connectivity index is 1.29. The summed E-state index contributed by atoms with van der Waals surface area (Å²) in [7, 11) is 0. The van der Waals surface area contributed by atoms with Gasteiger partial charge in [-0.1, -0.05) is 0 Å². The number of hydrogen-bond donors (Lipinski definition) is 3. The summed E-state index contributed by atoms with van der Waals surface area (Å²) >= 11 is 0. The third-order valence-electron chi connectivity index (χ3n) is 5.52. The van der Waals surface area contributed by atoms with Crippen LogP contribution in [0.1, 0.15) is 36.2 Å². The monoisotopic (exact) mass is 381 g/mol. The molecule has 5 rings (SSSR count). The Labute approximate surface area is 161 Å². The molecule has 1 saturated heterocycles. The summed E-state index contributed by atoms with van der Waals surface area (Å²) in [6, 6.07) is 3.03. The topological polar surface area (TPSA) is 110 Å². The molecule has 4 heterocycles. The third-order valence-corrected chi connectivity index (χ3v) is 5.52. The second-order valence-electron chi connectivity index (χ2n) is 7.50. The molecule has 3 N–H and O–H groups in total. The number of imidazole rings is 1. The van der Waals surface area contributed by atoms with Crippen LogP contribution in [0.3, 0.4) is 0 Å². The van der Waals surface area contributed by atoms with Gasteiger partial charge in [-0.2, -0.15) is 0 Å². The number of nitrogens with zero attached hydrogens (tertiary/aromatic N) is 4. The molecule has 0 atom stereocenters. The molecule has 1 amide bonds. The summed E-state index contributed by atoms with van der Waals surface area (Å²) in [4.78, 5) is 29.1. The lowest BCUT2D eigenvalue weighted by Crippen LogP contribution is -2.52. The summed E-state index contributed by atoms with van der Waals surface area (Å²) in [6.07, 6.45) is 10.9. The van der Waals surface area contributed by atoms with Crippen molar-refractivity contribution in [2.24, 2.45) is 0 Å². The van der Waals surface area contributed by atoms with Crippen LogP contribution in [-0.4, -0.2) is 61.7 Å². The number of ether oxygens (including phenoxy) is 1. The quantitative estimate of drug-likeness (QED) is 0.612. The van der Waals surface area contributed by atoms with Gasteiger partial charge in [0.15, 0.2) is 5.69 Å². The molecule has 2 fully saturated rings. The van der Waals surface area contributed by atoms with Crippen molar-refractivity contribution in [1.82, 2.24) is 35.1 Å². The standard InChI is InChI=1S/C19H23N7O2/c27-18(23-13-3-1-12(2-4-13)22-14-9-28-10-14)17-16-15(5-6-21-16)24-19(25-17)26-8-7-20-11-26/h5-8,11-14,21-22H,1-4,9-10H2,(H,23,27). The molecule has 2 aliphatic rings. The lowest BCUT2D eigenvalue weighted by atomic mass is 9.90. The first-order valence-electron chi connectivity index (χ1n) is 9.74. The highest BCUT2D eigenvalue weighted by Gasteiger charge is 2.28. The van der Waals surface area contributed by atoms with E-state index in [4.69, 9.17) is 4.74 Å². The smallest absolute Gasteiger partial charge is 0.272 e. The Kier molecular flexibility index (Phi) is 4.53. The summed E-state index contributed by atoms with van der Waals surface area (Å²) in [5, 5.41) is 6.80. The van der Waals surface area contributed by atoms with Crippen LogP contribution in [0, 0.1) is 0 Å². The predicted molar refractivity (Wildman–Crippen MR) is 102 cm³/mol. The van der Waals surface area contributed by atoms with Crippen molar-refractivity contribution in [2.75, 3.05) is 13.2 Å². The molecule has 3 aromatic heterocycles. The molecule has 0 aromatic carbocycles. The molecule has 1 saturated carbocycles. The fraction of sp³-hybridized carbons (Fsp3) is 0.474. The van der Waals surface area contributed by atoms with E-state index >= 15 is 0 Å². The molecule has 1 aliphatic carbocycles. The Bertz CT molecular complexity index is 956. The van der Waals surface area contributed by atoms with Gasteiger partial charge in [0.2, 0.25) is 5.95 Å². The SMILES string of the molecule is O=C(NC1CCC(NC2COC2)CC1)c1nc(-n2ccnc2)nc2cc[nH]c12. The van der Waals surface area contributed by atoms with Crippen LogP contribution < -0.4 is 10.6 Å². The van der Waals surface area contributed by atoms with E-state index in [1.165, 1.54) is 0 Å². The zero-order valence-electron chi connectivity index (χ0n) is 15.5. The van der Waals surface area contributed by atoms with E-state index in [0.29, 0.717) is 34.8 Å². The second kappa shape index (κ2) is 7.33. The van der Waals surface area contributed by atoms with Gasteiger partial charge in [-0.15, -0.1) is 0 Å². The first kappa shape index (κ1) is 17.3. The van der Waals surface area contributed by atoms with Gasteiger partial charge in [-0.05, 0) is 31.7 Å². The number of carbonyl (C=O) groups is 1. The van der Waals surface area contributed by atoms with Crippen LogP contribution in [0.4, 0.5) is 0 Å². The highest BCUT2D eigenvalue weighted by Crippen LogP contribution is 2.21. The fourth-order valence-electron chi connectivity index (χ4n) is 3.91. The number of aromatic nitrogens is 5. The van der Waals surface area contributed by atoms with Crippen molar-refractivity contribution in [2.45, 2.75) is 43.8 Å². The van der Waals surface area contributed by atoms with Gasteiger partial charge in [-0.25, -0.2) is 15.0 Å². The third kappa shape index (κ3) is 3.38. The first-order valence-corrected chi connectivity index (χ1v) is 9.74. The lowest BCUT2D eigenvalue weighted by Gasteiger charge is -2.35. The van der Waals surface area contributed by atoms with E-state index in [2.05, 4.69) is 30.6 Å². The highest BCUT2D eigenvalue weighted by molar-refractivity contribution is 6.03. The molecule has 1 aliphatic heterocycles. The molecule has 0 unspecified atom stereocenters. The summed E-state index contributed by atoms with van der Waals surface area (Å²) in [5.74, 6) is 0.269. The zero-order valence-corrected chi connectivity index (χ0v) is 15.5. The number of carbonyl (C=O) groups excluding carboxylic acids is 1. The van der Waals surface area contributed by atoms with Gasteiger partial charge in [0, 0.05) is 30.7 Å². The van der Waals surface area contributed by atoms with E-state index in [9.17, 15) is 4.79 Å². The van der Waals surface area contributed by atoms with E-state index in [1.807, 2.05) is 6.07 Å². The summed E-state index contributed by atoms with van der Waals surface area (Å²) in [5.41, 5.74) is 1.73. The minimum atomic E-state index is -0.167. The minimum absolute atomic E-state index is 0.167. The maximum absolute atomic E-state index is 13.0. The molecule has 3 aromatic rings. The molecule has 146 valence electrons. The van der Waals surface area contributed by atoms with Gasteiger partial charge in [-0.3, -0.25) is 9.36 Å². The number of hydrogen-bond acceptors (Lipinski definition) is 6. The Hall–Kier alpha value is -2.78. The number of fused-ring (bicyclic) bond motifs is 1. The van der Waals surface area contributed by atoms with Crippen molar-refractivity contribution >= 4 is 16.9 Å². The number of H-pyrrole nitrogens is 1. The number of aromatic amines is 1. The second-order valence-corrected chi connectivity index (χ2v) is 7.50. The van der Waals surface area contributed by atoms with Crippen LogP contribution in [0.2, 0.25) is 0 Å². The molecule has 9 heteroatoms. The molecule has 28 heavy (non-hydrogen) atoms. The maximum atomic E-state index is 13.0. The number of rotatable bonds is 5. The van der Waals surface area contributed by atoms with Gasteiger partial charge >= 0.3 is 0 Å². The molecule has 0 spiro atoms. The average Bonchev–Trinajstić information content (AvgIpc) is 3.36. The van der Waals surface area contributed by atoms with Gasteiger partial charge in [0.25, 0.3) is 5.91 Å². The minimum Gasteiger partial charge on any atom is -0.378 e. The Morgan fingerprint density at radius 2 is 1.96 bits per heavy atom.